The normalized spacial score (nSPS) is 14.9. The van der Waals surface area contributed by atoms with Crippen LogP contribution in [0.3, 0.4) is 0 Å². The van der Waals surface area contributed by atoms with E-state index in [0.29, 0.717) is 18.1 Å². The molecule has 1 fully saturated rings. The minimum absolute atomic E-state index is 0.592. The second-order valence-electron chi connectivity index (χ2n) is 6.52. The van der Waals surface area contributed by atoms with Crippen molar-refractivity contribution in [1.29, 1.82) is 0 Å². The predicted molar refractivity (Wildman–Crippen MR) is 100 cm³/mol. The molecule has 1 aliphatic heterocycles. The third-order valence-electron chi connectivity index (χ3n) is 4.63. The molecule has 3 heterocycles. The number of benzene rings is 1. The van der Waals surface area contributed by atoms with E-state index >= 15 is 0 Å². The number of anilines is 1. The number of hydrogen-bond acceptors (Lipinski definition) is 6. The summed E-state index contributed by atoms with van der Waals surface area (Å²) in [5, 5.41) is 5.21. The monoisotopic (exact) mass is 354 g/mol. The molecule has 0 aliphatic carbocycles. The van der Waals surface area contributed by atoms with Gasteiger partial charge < -0.3 is 9.42 Å². The summed E-state index contributed by atoms with van der Waals surface area (Å²) in [7, 11) is 0. The van der Waals surface area contributed by atoms with Crippen molar-refractivity contribution < 1.29 is 4.52 Å². The van der Waals surface area contributed by atoms with Gasteiger partial charge in [0.15, 0.2) is 0 Å². The number of nitrogens with zero attached hydrogens (tertiary/aromatic N) is 4. The standard InChI is InChI=1S/C19H22N4OS/c1-13-17(20-14(2)25-13)12-18-21-19(22-24-18)15-6-8-16(9-7-15)23-10-4-3-5-11-23/h6-9H,3-5,10-12H2,1-2H3. The van der Waals surface area contributed by atoms with E-state index < -0.39 is 0 Å². The number of piperidine rings is 1. The van der Waals surface area contributed by atoms with Gasteiger partial charge in [-0.3, -0.25) is 0 Å². The molecule has 0 spiro atoms. The van der Waals surface area contributed by atoms with E-state index in [1.165, 1.54) is 29.8 Å². The van der Waals surface area contributed by atoms with Crippen LogP contribution in [0.15, 0.2) is 28.8 Å². The summed E-state index contributed by atoms with van der Waals surface area (Å²) >= 11 is 1.70. The molecule has 3 aromatic rings. The zero-order chi connectivity index (χ0) is 17.2. The van der Waals surface area contributed by atoms with Gasteiger partial charge in [0.25, 0.3) is 0 Å². The maximum atomic E-state index is 5.43. The SMILES string of the molecule is Cc1nc(Cc2nc(-c3ccc(N4CCCCC4)cc3)no2)c(C)s1. The summed E-state index contributed by atoms with van der Waals surface area (Å²) in [5.74, 6) is 1.26. The molecular formula is C19H22N4OS. The van der Waals surface area contributed by atoms with Crippen molar-refractivity contribution in [3.8, 4) is 11.4 Å². The maximum absolute atomic E-state index is 5.43. The van der Waals surface area contributed by atoms with Crippen molar-refractivity contribution in [2.45, 2.75) is 39.5 Å². The summed E-state index contributed by atoms with van der Waals surface area (Å²) in [6.45, 7) is 6.40. The number of aromatic nitrogens is 3. The molecule has 0 N–H and O–H groups in total. The van der Waals surface area contributed by atoms with E-state index in [4.69, 9.17) is 4.52 Å². The molecule has 130 valence electrons. The zero-order valence-electron chi connectivity index (χ0n) is 14.7. The summed E-state index contributed by atoms with van der Waals surface area (Å²) in [5.41, 5.74) is 3.29. The van der Waals surface area contributed by atoms with Crippen LogP contribution in [0.1, 0.15) is 40.7 Å². The Kier molecular flexibility index (Phi) is 4.53. The largest absolute Gasteiger partial charge is 0.372 e. The molecule has 5 nitrogen and oxygen atoms in total. The molecule has 6 heteroatoms. The fourth-order valence-corrected chi connectivity index (χ4v) is 4.13. The van der Waals surface area contributed by atoms with Crippen molar-refractivity contribution >= 4 is 17.0 Å². The fraction of sp³-hybridized carbons (Fsp3) is 0.421. The van der Waals surface area contributed by atoms with Crippen LogP contribution in [0, 0.1) is 13.8 Å². The van der Waals surface area contributed by atoms with Gasteiger partial charge in [0, 0.05) is 29.2 Å². The predicted octanol–water partition coefficient (Wildman–Crippen LogP) is 4.39. The first-order valence-electron chi connectivity index (χ1n) is 8.80. The minimum atomic E-state index is 0.592. The third kappa shape index (κ3) is 3.58. The second-order valence-corrected chi connectivity index (χ2v) is 7.93. The third-order valence-corrected chi connectivity index (χ3v) is 5.56. The van der Waals surface area contributed by atoms with Crippen LogP contribution in [-0.2, 0) is 6.42 Å². The molecule has 0 bridgehead atoms. The van der Waals surface area contributed by atoms with Gasteiger partial charge in [-0.05, 0) is 57.4 Å². The molecule has 4 rings (SSSR count). The van der Waals surface area contributed by atoms with E-state index in [1.54, 1.807) is 11.3 Å². The number of hydrogen-bond donors (Lipinski definition) is 0. The van der Waals surface area contributed by atoms with E-state index in [2.05, 4.69) is 51.2 Å². The van der Waals surface area contributed by atoms with E-state index in [-0.39, 0.29) is 0 Å². The van der Waals surface area contributed by atoms with Crippen molar-refractivity contribution in [2.75, 3.05) is 18.0 Å². The van der Waals surface area contributed by atoms with E-state index in [0.717, 1.165) is 29.4 Å². The Morgan fingerprint density at radius 2 is 1.80 bits per heavy atom. The lowest BCUT2D eigenvalue weighted by atomic mass is 10.1. The van der Waals surface area contributed by atoms with Gasteiger partial charge in [-0.25, -0.2) is 4.98 Å². The summed E-state index contributed by atoms with van der Waals surface area (Å²) in [4.78, 5) is 12.7. The molecule has 0 amide bonds. The van der Waals surface area contributed by atoms with Crippen LogP contribution in [0.5, 0.6) is 0 Å². The Bertz CT molecular complexity index is 847. The van der Waals surface area contributed by atoms with Gasteiger partial charge in [-0.1, -0.05) is 5.16 Å². The molecule has 1 aromatic carbocycles. The van der Waals surface area contributed by atoms with Crippen LogP contribution in [-0.4, -0.2) is 28.2 Å². The zero-order valence-corrected chi connectivity index (χ0v) is 15.5. The number of thiazole rings is 1. The van der Waals surface area contributed by atoms with Crippen molar-refractivity contribution in [3.63, 3.8) is 0 Å². The topological polar surface area (TPSA) is 55.1 Å². The summed E-state index contributed by atoms with van der Waals surface area (Å²) < 4.78 is 5.43. The van der Waals surface area contributed by atoms with Crippen LogP contribution in [0.2, 0.25) is 0 Å². The molecule has 2 aromatic heterocycles. The lowest BCUT2D eigenvalue weighted by Gasteiger charge is -2.28. The first-order valence-corrected chi connectivity index (χ1v) is 9.61. The minimum Gasteiger partial charge on any atom is -0.372 e. The van der Waals surface area contributed by atoms with E-state index in [1.807, 2.05) is 6.92 Å². The van der Waals surface area contributed by atoms with Crippen LogP contribution in [0.4, 0.5) is 5.69 Å². The Balaban J connectivity index is 1.48. The Hall–Kier alpha value is -2.21. The first-order chi connectivity index (χ1) is 12.2. The molecule has 0 radical (unpaired) electrons. The molecular weight excluding hydrogens is 332 g/mol. The lowest BCUT2D eigenvalue weighted by Crippen LogP contribution is -2.29. The van der Waals surface area contributed by atoms with Gasteiger partial charge in [0.05, 0.1) is 17.1 Å². The molecule has 25 heavy (non-hydrogen) atoms. The molecule has 0 unspecified atom stereocenters. The molecule has 1 aliphatic rings. The number of rotatable bonds is 4. The highest BCUT2D eigenvalue weighted by Gasteiger charge is 2.14. The first kappa shape index (κ1) is 16.3. The van der Waals surface area contributed by atoms with Crippen LogP contribution >= 0.6 is 11.3 Å². The van der Waals surface area contributed by atoms with Crippen molar-refractivity contribution in [1.82, 2.24) is 15.1 Å². The average molecular weight is 354 g/mol. The van der Waals surface area contributed by atoms with Gasteiger partial charge in [-0.2, -0.15) is 4.98 Å². The molecule has 0 atom stereocenters. The van der Waals surface area contributed by atoms with Gasteiger partial charge in [0.1, 0.15) is 0 Å². The second kappa shape index (κ2) is 6.96. The summed E-state index contributed by atoms with van der Waals surface area (Å²) in [6.07, 6.45) is 4.50. The van der Waals surface area contributed by atoms with Crippen LogP contribution in [0.25, 0.3) is 11.4 Å². The maximum Gasteiger partial charge on any atom is 0.233 e. The van der Waals surface area contributed by atoms with Crippen LogP contribution < -0.4 is 4.90 Å². The van der Waals surface area contributed by atoms with E-state index in [9.17, 15) is 0 Å². The molecule has 0 saturated carbocycles. The Morgan fingerprint density at radius 3 is 2.48 bits per heavy atom. The smallest absolute Gasteiger partial charge is 0.233 e. The fourth-order valence-electron chi connectivity index (χ4n) is 3.30. The Labute approximate surface area is 151 Å². The highest BCUT2D eigenvalue weighted by Crippen LogP contribution is 2.25. The number of aryl methyl sites for hydroxylation is 2. The average Bonchev–Trinajstić information content (AvgIpc) is 3.22. The van der Waals surface area contributed by atoms with Crippen molar-refractivity contribution in [3.05, 3.63) is 45.7 Å². The highest BCUT2D eigenvalue weighted by atomic mass is 32.1. The highest BCUT2D eigenvalue weighted by molar-refractivity contribution is 7.11. The van der Waals surface area contributed by atoms with Crippen molar-refractivity contribution in [2.24, 2.45) is 0 Å². The molecule has 1 saturated heterocycles. The van der Waals surface area contributed by atoms with Gasteiger partial charge in [-0.15, -0.1) is 11.3 Å². The summed E-state index contributed by atoms with van der Waals surface area (Å²) in [6, 6.07) is 8.48. The van der Waals surface area contributed by atoms with Gasteiger partial charge >= 0.3 is 0 Å². The quantitative estimate of drug-likeness (QED) is 0.695. The lowest BCUT2D eigenvalue weighted by molar-refractivity contribution is 0.385. The van der Waals surface area contributed by atoms with Gasteiger partial charge in [0.2, 0.25) is 11.7 Å². The Morgan fingerprint density at radius 1 is 1.04 bits per heavy atom.